The predicted molar refractivity (Wildman–Crippen MR) is 100 cm³/mol. The second kappa shape index (κ2) is 10.1. The van der Waals surface area contributed by atoms with E-state index in [0.29, 0.717) is 24.1 Å². The lowest BCUT2D eigenvalue weighted by atomic mass is 10.1. The molecule has 7 nitrogen and oxygen atoms in total. The van der Waals surface area contributed by atoms with Gasteiger partial charge in [-0.3, -0.25) is 4.99 Å². The minimum atomic E-state index is 0. The van der Waals surface area contributed by atoms with Crippen molar-refractivity contribution in [1.29, 1.82) is 0 Å². The van der Waals surface area contributed by atoms with E-state index in [9.17, 15) is 0 Å². The highest BCUT2D eigenvalue weighted by atomic mass is 127. The number of halogens is 1. The van der Waals surface area contributed by atoms with Crippen molar-refractivity contribution in [3.05, 3.63) is 11.7 Å². The molecule has 1 aliphatic rings. The normalized spacial score (nSPS) is 18.4. The number of hydrogen-bond acceptors (Lipinski definition) is 5. The quantitative estimate of drug-likeness (QED) is 0.416. The second-order valence-corrected chi connectivity index (χ2v) is 5.98. The first-order chi connectivity index (χ1) is 10.6. The monoisotopic (exact) mass is 437 g/mol. The Kier molecular flexibility index (Phi) is 8.82. The van der Waals surface area contributed by atoms with E-state index in [4.69, 9.17) is 9.26 Å². The lowest BCUT2D eigenvalue weighted by Crippen LogP contribution is -2.41. The summed E-state index contributed by atoms with van der Waals surface area (Å²) in [6.45, 7) is 7.67. The molecule has 1 N–H and O–H groups in total. The summed E-state index contributed by atoms with van der Waals surface area (Å²) in [6, 6.07) is 0. The fourth-order valence-electron chi connectivity index (χ4n) is 2.61. The molecule has 0 aliphatic carbocycles. The molecule has 0 aromatic carbocycles. The third kappa shape index (κ3) is 5.91. The number of rotatable bonds is 6. The first kappa shape index (κ1) is 20.1. The summed E-state index contributed by atoms with van der Waals surface area (Å²) < 4.78 is 10.5. The first-order valence-electron chi connectivity index (χ1n) is 7.91. The summed E-state index contributed by atoms with van der Waals surface area (Å²) >= 11 is 0. The number of aliphatic imine (C=N–C) groups is 1. The van der Waals surface area contributed by atoms with Crippen molar-refractivity contribution in [3.8, 4) is 0 Å². The van der Waals surface area contributed by atoms with Crippen LogP contribution in [-0.4, -0.2) is 61.4 Å². The van der Waals surface area contributed by atoms with Gasteiger partial charge in [-0.05, 0) is 6.42 Å². The summed E-state index contributed by atoms with van der Waals surface area (Å²) in [5.41, 5.74) is 0. The maximum atomic E-state index is 5.24. The molecule has 132 valence electrons. The van der Waals surface area contributed by atoms with E-state index >= 15 is 0 Å². The molecule has 1 unspecified atom stereocenters. The van der Waals surface area contributed by atoms with Crippen molar-refractivity contribution in [3.63, 3.8) is 0 Å². The standard InChI is InChI=1S/C15H27N5O2.HI/c1-11(2)14-18-13(22-19-14)5-7-17-15(16-3)20-8-6-12(9-20)10-21-4;/h11-12H,5-10H2,1-4H3,(H,16,17);1H. The van der Waals surface area contributed by atoms with Crippen molar-refractivity contribution in [2.45, 2.75) is 32.6 Å². The van der Waals surface area contributed by atoms with E-state index in [2.05, 4.69) is 39.2 Å². The molecule has 0 bridgehead atoms. The Labute approximate surface area is 155 Å². The van der Waals surface area contributed by atoms with Crippen LogP contribution in [0.4, 0.5) is 0 Å². The smallest absolute Gasteiger partial charge is 0.228 e. The van der Waals surface area contributed by atoms with Crippen LogP contribution in [-0.2, 0) is 11.2 Å². The van der Waals surface area contributed by atoms with Crippen molar-refractivity contribution in [2.24, 2.45) is 10.9 Å². The van der Waals surface area contributed by atoms with Crippen LogP contribution in [0, 0.1) is 5.92 Å². The van der Waals surface area contributed by atoms with Crippen LogP contribution < -0.4 is 5.32 Å². The van der Waals surface area contributed by atoms with Gasteiger partial charge in [-0.15, -0.1) is 24.0 Å². The van der Waals surface area contributed by atoms with Gasteiger partial charge in [0.25, 0.3) is 0 Å². The number of aromatic nitrogens is 2. The second-order valence-electron chi connectivity index (χ2n) is 5.98. The molecule has 0 radical (unpaired) electrons. The molecule has 1 aromatic heterocycles. The lowest BCUT2D eigenvalue weighted by Gasteiger charge is -2.21. The van der Waals surface area contributed by atoms with Crippen molar-refractivity contribution >= 4 is 29.9 Å². The molecule has 1 aliphatic heterocycles. The van der Waals surface area contributed by atoms with E-state index in [0.717, 1.165) is 44.4 Å². The first-order valence-corrected chi connectivity index (χ1v) is 7.91. The van der Waals surface area contributed by atoms with Crippen LogP contribution in [0.15, 0.2) is 9.52 Å². The average Bonchev–Trinajstić information content (AvgIpc) is 3.13. The Morgan fingerprint density at radius 1 is 1.52 bits per heavy atom. The topological polar surface area (TPSA) is 75.8 Å². The number of ether oxygens (including phenoxy) is 1. The summed E-state index contributed by atoms with van der Waals surface area (Å²) in [5, 5.41) is 7.34. The molecule has 1 aromatic rings. The fraction of sp³-hybridized carbons (Fsp3) is 0.800. The van der Waals surface area contributed by atoms with Crippen LogP contribution >= 0.6 is 24.0 Å². The number of methoxy groups -OCH3 is 1. The summed E-state index contributed by atoms with van der Waals surface area (Å²) in [5.74, 6) is 3.25. The number of nitrogens with zero attached hydrogens (tertiary/aromatic N) is 4. The molecule has 2 rings (SSSR count). The number of hydrogen-bond donors (Lipinski definition) is 1. The molecular weight excluding hydrogens is 409 g/mol. The SMILES string of the molecule is CN=C(NCCc1nc(C(C)C)no1)N1CCC(COC)C1.I. The zero-order chi connectivity index (χ0) is 15.9. The van der Waals surface area contributed by atoms with Gasteiger partial charge < -0.3 is 19.5 Å². The Bertz CT molecular complexity index is 492. The average molecular weight is 437 g/mol. The van der Waals surface area contributed by atoms with Crippen molar-refractivity contribution in [2.75, 3.05) is 40.4 Å². The zero-order valence-corrected chi connectivity index (χ0v) is 16.7. The molecule has 1 saturated heterocycles. The number of nitrogens with one attached hydrogen (secondary N) is 1. The van der Waals surface area contributed by atoms with Gasteiger partial charge in [0.15, 0.2) is 11.8 Å². The van der Waals surface area contributed by atoms with E-state index in [-0.39, 0.29) is 24.0 Å². The molecule has 1 fully saturated rings. The van der Waals surface area contributed by atoms with Gasteiger partial charge in [0, 0.05) is 52.0 Å². The molecule has 0 spiro atoms. The zero-order valence-electron chi connectivity index (χ0n) is 14.4. The van der Waals surface area contributed by atoms with Gasteiger partial charge >= 0.3 is 0 Å². The third-order valence-electron chi connectivity index (χ3n) is 3.82. The molecule has 0 saturated carbocycles. The minimum absolute atomic E-state index is 0. The fourth-order valence-corrected chi connectivity index (χ4v) is 2.61. The van der Waals surface area contributed by atoms with Crippen LogP contribution in [0.2, 0.25) is 0 Å². The van der Waals surface area contributed by atoms with Crippen LogP contribution in [0.1, 0.15) is 37.9 Å². The molecule has 0 amide bonds. The predicted octanol–water partition coefficient (Wildman–Crippen LogP) is 1.90. The molecule has 23 heavy (non-hydrogen) atoms. The summed E-state index contributed by atoms with van der Waals surface area (Å²) in [6.07, 6.45) is 1.85. The van der Waals surface area contributed by atoms with Crippen molar-refractivity contribution in [1.82, 2.24) is 20.4 Å². The van der Waals surface area contributed by atoms with E-state index in [1.165, 1.54) is 0 Å². The van der Waals surface area contributed by atoms with E-state index < -0.39 is 0 Å². The Morgan fingerprint density at radius 3 is 2.91 bits per heavy atom. The van der Waals surface area contributed by atoms with Gasteiger partial charge in [-0.2, -0.15) is 4.98 Å². The summed E-state index contributed by atoms with van der Waals surface area (Å²) in [7, 11) is 3.57. The Hall–Kier alpha value is -0.900. The number of likely N-dealkylation sites (tertiary alicyclic amines) is 1. The van der Waals surface area contributed by atoms with Crippen LogP contribution in [0.5, 0.6) is 0 Å². The molecule has 1 atom stereocenters. The van der Waals surface area contributed by atoms with Gasteiger partial charge in [0.05, 0.1) is 6.61 Å². The van der Waals surface area contributed by atoms with E-state index in [1.54, 1.807) is 7.11 Å². The maximum absolute atomic E-state index is 5.24. The minimum Gasteiger partial charge on any atom is -0.384 e. The molecule has 8 heteroatoms. The van der Waals surface area contributed by atoms with Crippen LogP contribution in [0.3, 0.4) is 0 Å². The van der Waals surface area contributed by atoms with Gasteiger partial charge in [-0.1, -0.05) is 19.0 Å². The largest absolute Gasteiger partial charge is 0.384 e. The van der Waals surface area contributed by atoms with Crippen molar-refractivity contribution < 1.29 is 9.26 Å². The third-order valence-corrected chi connectivity index (χ3v) is 3.82. The Morgan fingerprint density at radius 2 is 2.30 bits per heavy atom. The highest BCUT2D eigenvalue weighted by Gasteiger charge is 2.24. The molecular formula is C15H28IN5O2. The van der Waals surface area contributed by atoms with Gasteiger partial charge in [0.1, 0.15) is 0 Å². The number of guanidine groups is 1. The van der Waals surface area contributed by atoms with Gasteiger partial charge in [-0.25, -0.2) is 0 Å². The summed E-state index contributed by atoms with van der Waals surface area (Å²) in [4.78, 5) is 11.0. The lowest BCUT2D eigenvalue weighted by molar-refractivity contribution is 0.157. The van der Waals surface area contributed by atoms with Crippen LogP contribution in [0.25, 0.3) is 0 Å². The maximum Gasteiger partial charge on any atom is 0.228 e. The highest BCUT2D eigenvalue weighted by molar-refractivity contribution is 14.0. The molecule has 2 heterocycles. The van der Waals surface area contributed by atoms with Gasteiger partial charge in [0.2, 0.25) is 5.89 Å². The highest BCUT2D eigenvalue weighted by Crippen LogP contribution is 2.16. The van der Waals surface area contributed by atoms with E-state index in [1.807, 2.05) is 7.05 Å². The Balaban J connectivity index is 0.00000264.